The van der Waals surface area contributed by atoms with Gasteiger partial charge in [0, 0.05) is 19.5 Å². The maximum atomic E-state index is 13.9. The molecule has 24 heavy (non-hydrogen) atoms. The molecule has 2 aromatic carbocycles. The van der Waals surface area contributed by atoms with Gasteiger partial charge < -0.3 is 4.90 Å². The van der Waals surface area contributed by atoms with E-state index in [0.29, 0.717) is 6.42 Å². The Bertz CT molecular complexity index is 731. The van der Waals surface area contributed by atoms with Gasteiger partial charge in [-0.2, -0.15) is 0 Å². The summed E-state index contributed by atoms with van der Waals surface area (Å²) in [4.78, 5) is 6.98. The first-order valence-corrected chi connectivity index (χ1v) is 8.75. The molecule has 3 rings (SSSR count). The zero-order valence-corrected chi connectivity index (χ0v) is 14.6. The molecule has 0 aromatic heterocycles. The average Bonchev–Trinajstić information content (AvgIpc) is 2.59. The molecule has 0 N–H and O–H groups in total. The second kappa shape index (κ2) is 7.61. The second-order valence-electron chi connectivity index (χ2n) is 6.67. The SMILES string of the molecule is Cc1cc(/N=C/N2CCCCC2)c(C)cc1Cc1ccccc1F. The average molecular weight is 324 g/mol. The number of halogens is 1. The van der Waals surface area contributed by atoms with Crippen molar-refractivity contribution in [3.05, 3.63) is 64.5 Å². The fourth-order valence-electron chi connectivity index (χ4n) is 3.21. The number of benzene rings is 2. The molecular formula is C21H25FN2. The topological polar surface area (TPSA) is 15.6 Å². The van der Waals surface area contributed by atoms with Crippen molar-refractivity contribution in [2.45, 2.75) is 39.5 Å². The molecule has 0 unspecified atom stereocenters. The maximum Gasteiger partial charge on any atom is 0.126 e. The molecule has 3 heteroatoms. The molecule has 1 saturated heterocycles. The van der Waals surface area contributed by atoms with Crippen molar-refractivity contribution >= 4 is 12.0 Å². The number of hydrogen-bond donors (Lipinski definition) is 0. The molecule has 0 saturated carbocycles. The summed E-state index contributed by atoms with van der Waals surface area (Å²) < 4.78 is 13.9. The van der Waals surface area contributed by atoms with Gasteiger partial charge in [0.2, 0.25) is 0 Å². The van der Waals surface area contributed by atoms with Crippen molar-refractivity contribution < 1.29 is 4.39 Å². The monoisotopic (exact) mass is 324 g/mol. The number of aliphatic imine (C=N–C) groups is 1. The van der Waals surface area contributed by atoms with Crippen LogP contribution in [0.1, 0.15) is 41.5 Å². The third kappa shape index (κ3) is 4.02. The van der Waals surface area contributed by atoms with Crippen molar-refractivity contribution in [1.82, 2.24) is 4.90 Å². The Labute approximate surface area is 144 Å². The van der Waals surface area contributed by atoms with E-state index in [1.54, 1.807) is 6.07 Å². The van der Waals surface area contributed by atoms with Crippen LogP contribution in [0.5, 0.6) is 0 Å². The quantitative estimate of drug-likeness (QED) is 0.559. The van der Waals surface area contributed by atoms with E-state index in [1.165, 1.54) is 25.3 Å². The van der Waals surface area contributed by atoms with Crippen LogP contribution in [0.2, 0.25) is 0 Å². The lowest BCUT2D eigenvalue weighted by atomic mass is 9.97. The molecule has 1 aliphatic heterocycles. The minimum Gasteiger partial charge on any atom is -0.363 e. The summed E-state index contributed by atoms with van der Waals surface area (Å²) in [5.41, 5.74) is 5.21. The Kier molecular flexibility index (Phi) is 5.29. The van der Waals surface area contributed by atoms with Crippen molar-refractivity contribution in [2.24, 2.45) is 4.99 Å². The van der Waals surface area contributed by atoms with Crippen LogP contribution >= 0.6 is 0 Å². The van der Waals surface area contributed by atoms with Gasteiger partial charge in [-0.25, -0.2) is 9.38 Å². The second-order valence-corrected chi connectivity index (χ2v) is 6.67. The van der Waals surface area contributed by atoms with E-state index >= 15 is 0 Å². The predicted octanol–water partition coefficient (Wildman–Crippen LogP) is 5.18. The van der Waals surface area contributed by atoms with Gasteiger partial charge in [0.25, 0.3) is 0 Å². The summed E-state index contributed by atoms with van der Waals surface area (Å²) in [6.45, 7) is 6.36. The highest BCUT2D eigenvalue weighted by Crippen LogP contribution is 2.25. The highest BCUT2D eigenvalue weighted by molar-refractivity contribution is 5.64. The van der Waals surface area contributed by atoms with E-state index in [4.69, 9.17) is 0 Å². The van der Waals surface area contributed by atoms with Gasteiger partial charge in [-0.15, -0.1) is 0 Å². The van der Waals surface area contributed by atoms with E-state index in [2.05, 4.69) is 35.9 Å². The molecule has 0 atom stereocenters. The minimum absolute atomic E-state index is 0.137. The van der Waals surface area contributed by atoms with Crippen LogP contribution in [0.4, 0.5) is 10.1 Å². The first-order chi connectivity index (χ1) is 11.6. The third-order valence-electron chi connectivity index (χ3n) is 4.74. The number of nitrogens with zero attached hydrogens (tertiary/aromatic N) is 2. The van der Waals surface area contributed by atoms with Crippen LogP contribution < -0.4 is 0 Å². The Balaban J connectivity index is 1.78. The first-order valence-electron chi connectivity index (χ1n) is 8.75. The summed E-state index contributed by atoms with van der Waals surface area (Å²) in [5, 5.41) is 0. The Morgan fingerprint density at radius 3 is 2.50 bits per heavy atom. The van der Waals surface area contributed by atoms with Gasteiger partial charge in [0.1, 0.15) is 5.82 Å². The summed E-state index contributed by atoms with van der Waals surface area (Å²) in [7, 11) is 0. The van der Waals surface area contributed by atoms with Crippen LogP contribution in [0.15, 0.2) is 41.4 Å². The third-order valence-corrected chi connectivity index (χ3v) is 4.74. The molecule has 0 amide bonds. The van der Waals surface area contributed by atoms with Gasteiger partial charge in [-0.1, -0.05) is 24.3 Å². The molecule has 1 aliphatic rings. The van der Waals surface area contributed by atoms with Gasteiger partial charge in [-0.3, -0.25) is 0 Å². The normalized spacial score (nSPS) is 15.2. The molecule has 2 aromatic rings. The fourth-order valence-corrected chi connectivity index (χ4v) is 3.21. The molecule has 126 valence electrons. The molecule has 0 radical (unpaired) electrons. The van der Waals surface area contributed by atoms with Crippen LogP contribution in [0.3, 0.4) is 0 Å². The van der Waals surface area contributed by atoms with E-state index in [-0.39, 0.29) is 5.82 Å². The van der Waals surface area contributed by atoms with Crippen LogP contribution in [-0.2, 0) is 6.42 Å². The molecular weight excluding hydrogens is 299 g/mol. The largest absolute Gasteiger partial charge is 0.363 e. The Morgan fingerprint density at radius 2 is 1.75 bits per heavy atom. The van der Waals surface area contributed by atoms with Crippen LogP contribution in [0.25, 0.3) is 0 Å². The number of likely N-dealkylation sites (tertiary alicyclic amines) is 1. The minimum atomic E-state index is -0.137. The number of rotatable bonds is 4. The fraction of sp³-hybridized carbons (Fsp3) is 0.381. The van der Waals surface area contributed by atoms with Gasteiger partial charge in [-0.05, 0) is 67.5 Å². The molecule has 1 fully saturated rings. The smallest absolute Gasteiger partial charge is 0.126 e. The van der Waals surface area contributed by atoms with Gasteiger partial charge in [0.15, 0.2) is 0 Å². The Morgan fingerprint density at radius 1 is 1.00 bits per heavy atom. The lowest BCUT2D eigenvalue weighted by Crippen LogP contribution is -2.28. The van der Waals surface area contributed by atoms with Crippen LogP contribution in [0, 0.1) is 19.7 Å². The zero-order valence-electron chi connectivity index (χ0n) is 14.6. The van der Waals surface area contributed by atoms with E-state index < -0.39 is 0 Å². The Hall–Kier alpha value is -2.16. The standard InChI is InChI=1S/C21H25FN2/c1-16-13-21(23-15-24-10-6-3-7-11-24)17(2)12-19(16)14-18-8-4-5-9-20(18)22/h4-5,8-9,12-13,15H,3,6-7,10-11,14H2,1-2H3/b23-15+. The van der Waals surface area contributed by atoms with Crippen molar-refractivity contribution in [1.29, 1.82) is 0 Å². The maximum absolute atomic E-state index is 13.9. The van der Waals surface area contributed by atoms with E-state index in [0.717, 1.165) is 41.0 Å². The molecule has 2 nitrogen and oxygen atoms in total. The van der Waals surface area contributed by atoms with E-state index in [1.807, 2.05) is 18.5 Å². The molecule has 0 aliphatic carbocycles. The number of hydrogen-bond acceptors (Lipinski definition) is 1. The number of aryl methyl sites for hydroxylation is 2. The summed E-state index contributed by atoms with van der Waals surface area (Å²) >= 11 is 0. The lowest BCUT2D eigenvalue weighted by Gasteiger charge is -2.24. The highest BCUT2D eigenvalue weighted by atomic mass is 19.1. The zero-order chi connectivity index (χ0) is 16.9. The van der Waals surface area contributed by atoms with E-state index in [9.17, 15) is 4.39 Å². The lowest BCUT2D eigenvalue weighted by molar-refractivity contribution is 0.351. The van der Waals surface area contributed by atoms with Gasteiger partial charge in [0.05, 0.1) is 12.0 Å². The van der Waals surface area contributed by atoms with Crippen molar-refractivity contribution in [3.63, 3.8) is 0 Å². The summed E-state index contributed by atoms with van der Waals surface area (Å²) in [6, 6.07) is 11.3. The van der Waals surface area contributed by atoms with Crippen LogP contribution in [-0.4, -0.2) is 24.3 Å². The van der Waals surface area contributed by atoms with Crippen molar-refractivity contribution in [2.75, 3.05) is 13.1 Å². The molecule has 0 bridgehead atoms. The van der Waals surface area contributed by atoms with Gasteiger partial charge >= 0.3 is 0 Å². The molecule has 0 spiro atoms. The predicted molar refractivity (Wildman–Crippen MR) is 98.7 cm³/mol. The summed E-state index contributed by atoms with van der Waals surface area (Å²) in [6.07, 6.45) is 6.44. The van der Waals surface area contributed by atoms with Crippen molar-refractivity contribution in [3.8, 4) is 0 Å². The highest BCUT2D eigenvalue weighted by Gasteiger charge is 2.09. The number of piperidine rings is 1. The first kappa shape index (κ1) is 16.7. The molecule has 1 heterocycles. The summed E-state index contributed by atoms with van der Waals surface area (Å²) in [5.74, 6) is -0.137.